The summed E-state index contributed by atoms with van der Waals surface area (Å²) in [5, 5.41) is 0. The van der Waals surface area contributed by atoms with Gasteiger partial charge in [0, 0.05) is 44.9 Å². The molecule has 0 radical (unpaired) electrons. The number of carbonyl (C=O) groups excluding carboxylic acids is 2. The highest BCUT2D eigenvalue weighted by Crippen LogP contribution is 2.43. The summed E-state index contributed by atoms with van der Waals surface area (Å²) < 4.78 is 38.0. The van der Waals surface area contributed by atoms with Gasteiger partial charge >= 0.3 is 0 Å². The molecule has 0 unspecified atom stereocenters. The van der Waals surface area contributed by atoms with Gasteiger partial charge in [0.2, 0.25) is 5.91 Å². The van der Waals surface area contributed by atoms with Crippen molar-refractivity contribution in [3.63, 3.8) is 0 Å². The maximum absolute atomic E-state index is 14.5. The molecule has 2 amide bonds. The van der Waals surface area contributed by atoms with Gasteiger partial charge in [0.1, 0.15) is 5.82 Å². The van der Waals surface area contributed by atoms with E-state index in [1.165, 1.54) is 17.9 Å². The van der Waals surface area contributed by atoms with Gasteiger partial charge in [0.25, 0.3) is 5.91 Å². The first kappa shape index (κ1) is 29.5. The van der Waals surface area contributed by atoms with Crippen molar-refractivity contribution in [1.29, 1.82) is 0 Å². The number of hydrogen-bond donors (Lipinski definition) is 0. The van der Waals surface area contributed by atoms with Crippen LogP contribution in [0.2, 0.25) is 0 Å². The van der Waals surface area contributed by atoms with Crippen molar-refractivity contribution >= 4 is 21.7 Å². The minimum atomic E-state index is -3.25. The second-order valence-electron chi connectivity index (χ2n) is 12.4. The number of hydrogen-bond acceptors (Lipinski definition) is 5. The molecule has 0 saturated carbocycles. The Morgan fingerprint density at radius 3 is 2.21 bits per heavy atom. The normalized spacial score (nSPS) is 22.4. The number of rotatable bonds is 7. The molecule has 3 heterocycles. The molecule has 3 aromatic rings. The molecule has 0 aliphatic carbocycles. The third-order valence-corrected chi connectivity index (χ3v) is 10.8. The number of piperidine rings is 1. The van der Waals surface area contributed by atoms with Crippen molar-refractivity contribution in [2.24, 2.45) is 11.3 Å². The minimum Gasteiger partial charge on any atom is -0.338 e. The van der Waals surface area contributed by atoms with Gasteiger partial charge in [-0.2, -0.15) is 0 Å². The molecule has 3 aliphatic rings. The summed E-state index contributed by atoms with van der Waals surface area (Å²) in [5.41, 5.74) is 1.89. The van der Waals surface area contributed by atoms with E-state index in [0.717, 1.165) is 44.5 Å². The van der Waals surface area contributed by atoms with E-state index in [0.29, 0.717) is 26.2 Å². The van der Waals surface area contributed by atoms with Crippen LogP contribution >= 0.6 is 0 Å². The van der Waals surface area contributed by atoms with E-state index in [4.69, 9.17) is 0 Å². The Balaban J connectivity index is 1.09. The first-order valence-corrected chi connectivity index (χ1v) is 16.9. The van der Waals surface area contributed by atoms with E-state index in [9.17, 15) is 22.4 Å². The first-order valence-electron chi connectivity index (χ1n) is 15.0. The van der Waals surface area contributed by atoms with Crippen LogP contribution in [0.1, 0.15) is 46.7 Å². The van der Waals surface area contributed by atoms with Crippen molar-refractivity contribution in [2.75, 3.05) is 45.5 Å². The molecule has 3 aromatic carbocycles. The molecule has 226 valence electrons. The summed E-state index contributed by atoms with van der Waals surface area (Å²) >= 11 is 0. The summed E-state index contributed by atoms with van der Waals surface area (Å²) in [6, 6.07) is 23.2. The highest BCUT2D eigenvalue weighted by molar-refractivity contribution is 7.90. The largest absolute Gasteiger partial charge is 0.338 e. The Labute approximate surface area is 253 Å². The van der Waals surface area contributed by atoms with E-state index < -0.39 is 15.7 Å². The van der Waals surface area contributed by atoms with Crippen LogP contribution in [-0.4, -0.2) is 80.5 Å². The zero-order chi connectivity index (χ0) is 30.2. The fraction of sp³-hybridized carbons (Fsp3) is 0.412. The van der Waals surface area contributed by atoms with Crippen LogP contribution < -0.4 is 0 Å². The SMILES string of the molecule is CS(=O)(=O)c1ccc(CN2CCC3(CCN(C[C@H]4CN(C(=O)c5ccccc5F)C[C@@H]4c4ccccc4)CC3)C2=O)cc1. The zero-order valence-electron chi connectivity index (χ0n) is 24.5. The van der Waals surface area contributed by atoms with Gasteiger partial charge in [-0.25, -0.2) is 12.8 Å². The van der Waals surface area contributed by atoms with Crippen LogP contribution in [-0.2, 0) is 21.2 Å². The minimum absolute atomic E-state index is 0.116. The molecule has 2 atom stereocenters. The molecular formula is C34H38FN3O4S. The Hall–Kier alpha value is -3.56. The molecule has 6 rings (SSSR count). The predicted molar refractivity (Wildman–Crippen MR) is 163 cm³/mol. The zero-order valence-corrected chi connectivity index (χ0v) is 25.3. The van der Waals surface area contributed by atoms with E-state index in [-0.39, 0.29) is 39.5 Å². The van der Waals surface area contributed by atoms with E-state index in [2.05, 4.69) is 17.0 Å². The van der Waals surface area contributed by atoms with Crippen LogP contribution in [0, 0.1) is 17.2 Å². The lowest BCUT2D eigenvalue weighted by molar-refractivity contribution is -0.139. The quantitative estimate of drug-likeness (QED) is 0.395. The summed E-state index contributed by atoms with van der Waals surface area (Å²) in [6.07, 6.45) is 3.63. The second-order valence-corrected chi connectivity index (χ2v) is 14.5. The average Bonchev–Trinajstić information content (AvgIpc) is 3.56. The number of sulfone groups is 1. The number of halogens is 1. The van der Waals surface area contributed by atoms with Gasteiger partial charge in [-0.05, 0) is 73.7 Å². The molecule has 9 heteroatoms. The Bertz CT molecular complexity index is 1590. The molecule has 43 heavy (non-hydrogen) atoms. The number of likely N-dealkylation sites (tertiary alicyclic amines) is 3. The monoisotopic (exact) mass is 603 g/mol. The van der Waals surface area contributed by atoms with Crippen molar-refractivity contribution < 1.29 is 22.4 Å². The molecule has 1 spiro atoms. The smallest absolute Gasteiger partial charge is 0.256 e. The van der Waals surface area contributed by atoms with Crippen molar-refractivity contribution in [1.82, 2.24) is 14.7 Å². The summed E-state index contributed by atoms with van der Waals surface area (Å²) in [7, 11) is -3.25. The van der Waals surface area contributed by atoms with Crippen LogP contribution in [0.15, 0.2) is 83.8 Å². The number of nitrogens with zero attached hydrogens (tertiary/aromatic N) is 3. The van der Waals surface area contributed by atoms with Gasteiger partial charge in [-0.1, -0.05) is 54.6 Å². The highest BCUT2D eigenvalue weighted by Gasteiger charge is 2.48. The van der Waals surface area contributed by atoms with Crippen molar-refractivity contribution in [2.45, 2.75) is 36.6 Å². The Kier molecular flexibility index (Phi) is 8.13. The molecule has 3 aliphatic heterocycles. The van der Waals surface area contributed by atoms with E-state index >= 15 is 0 Å². The Morgan fingerprint density at radius 2 is 1.53 bits per heavy atom. The predicted octanol–water partition coefficient (Wildman–Crippen LogP) is 4.60. The number of carbonyl (C=O) groups is 2. The summed E-state index contributed by atoms with van der Waals surface area (Å²) in [4.78, 5) is 33.4. The fourth-order valence-electron chi connectivity index (χ4n) is 7.17. The number of benzene rings is 3. The molecule has 3 saturated heterocycles. The lowest BCUT2D eigenvalue weighted by Crippen LogP contribution is -2.46. The van der Waals surface area contributed by atoms with Gasteiger partial charge in [-0.3, -0.25) is 9.59 Å². The second kappa shape index (κ2) is 11.8. The summed E-state index contributed by atoms with van der Waals surface area (Å²) in [6.45, 7) is 4.78. The van der Waals surface area contributed by atoms with Gasteiger partial charge in [0.15, 0.2) is 9.84 Å². The molecule has 0 bridgehead atoms. The van der Waals surface area contributed by atoms with E-state index in [1.807, 2.05) is 23.1 Å². The lowest BCUT2D eigenvalue weighted by atomic mass is 9.76. The first-order chi connectivity index (χ1) is 20.6. The maximum atomic E-state index is 14.5. The van der Waals surface area contributed by atoms with Crippen molar-refractivity contribution in [3.05, 3.63) is 101 Å². The standard InChI is InChI=1S/C34H38FN3O4S/c1-43(41,42)28-13-11-25(12-14-28)21-37-20-17-34(33(37)40)15-18-36(19-16-34)22-27-23-38(24-30(27)26-7-3-2-4-8-26)32(39)29-9-5-6-10-31(29)35/h2-14,27,30H,15-24H2,1H3/t27-,30+/m0/s1. The third-order valence-electron chi connectivity index (χ3n) is 9.69. The highest BCUT2D eigenvalue weighted by atomic mass is 32.2. The molecule has 7 nitrogen and oxygen atoms in total. The third kappa shape index (κ3) is 6.10. The lowest BCUT2D eigenvalue weighted by Gasteiger charge is -2.39. The summed E-state index contributed by atoms with van der Waals surface area (Å²) in [5.74, 6) is -0.191. The van der Waals surface area contributed by atoms with Gasteiger partial charge in [0.05, 0.1) is 15.9 Å². The van der Waals surface area contributed by atoms with Gasteiger partial charge in [-0.15, -0.1) is 0 Å². The molecule has 0 N–H and O–H groups in total. The Morgan fingerprint density at radius 1 is 0.884 bits per heavy atom. The fourth-order valence-corrected chi connectivity index (χ4v) is 7.80. The topological polar surface area (TPSA) is 78.0 Å². The van der Waals surface area contributed by atoms with Crippen molar-refractivity contribution in [3.8, 4) is 0 Å². The maximum Gasteiger partial charge on any atom is 0.256 e. The van der Waals surface area contributed by atoms with Crippen LogP contribution in [0.25, 0.3) is 0 Å². The average molecular weight is 604 g/mol. The molecular weight excluding hydrogens is 565 g/mol. The molecule has 3 fully saturated rings. The molecule has 0 aromatic heterocycles. The van der Waals surface area contributed by atoms with Crippen LogP contribution in [0.3, 0.4) is 0 Å². The van der Waals surface area contributed by atoms with E-state index in [1.54, 1.807) is 47.4 Å². The van der Waals surface area contributed by atoms with Crippen LogP contribution in [0.5, 0.6) is 0 Å². The van der Waals surface area contributed by atoms with Gasteiger partial charge < -0.3 is 14.7 Å². The number of amides is 2. The van der Waals surface area contributed by atoms with Crippen LogP contribution in [0.4, 0.5) is 4.39 Å².